The minimum absolute atomic E-state index is 0.0916. The zero-order valence-corrected chi connectivity index (χ0v) is 13.9. The Morgan fingerprint density at radius 2 is 2.17 bits per heavy atom. The topological polar surface area (TPSA) is 49.8 Å². The second-order valence-corrected chi connectivity index (χ2v) is 6.20. The molecule has 1 fully saturated rings. The maximum atomic E-state index is 12.7. The van der Waals surface area contributed by atoms with E-state index in [-0.39, 0.29) is 11.8 Å². The van der Waals surface area contributed by atoms with Gasteiger partial charge >= 0.3 is 0 Å². The van der Waals surface area contributed by atoms with Crippen molar-refractivity contribution in [2.24, 2.45) is 5.92 Å². The lowest BCUT2D eigenvalue weighted by Gasteiger charge is -2.30. The maximum Gasteiger partial charge on any atom is 0.252 e. The fraction of sp³-hybridized carbons (Fsp3) is 0.526. The molecule has 1 aromatic rings. The van der Waals surface area contributed by atoms with Crippen molar-refractivity contribution in [1.82, 2.24) is 4.90 Å². The normalized spacial score (nSPS) is 16.6. The predicted molar refractivity (Wildman–Crippen MR) is 91.2 cm³/mol. The lowest BCUT2D eigenvalue weighted by Crippen LogP contribution is -2.43. The van der Waals surface area contributed by atoms with Crippen LogP contribution in [0.5, 0.6) is 5.75 Å². The van der Waals surface area contributed by atoms with Crippen molar-refractivity contribution < 1.29 is 14.6 Å². The average molecular weight is 317 g/mol. The number of methoxy groups -OCH3 is 1. The largest absolute Gasteiger partial charge is 0.497 e. The SMILES string of the molecule is C=CCN(Cc1cccc(OC)c1)C(=O)[C@H](O)C1CCCCC1. The number of aliphatic hydroxyl groups is 1. The Bertz CT molecular complexity index is 523. The smallest absolute Gasteiger partial charge is 0.252 e. The van der Waals surface area contributed by atoms with E-state index in [1.807, 2.05) is 24.3 Å². The molecule has 0 bridgehead atoms. The van der Waals surface area contributed by atoms with Crippen molar-refractivity contribution in [3.63, 3.8) is 0 Å². The molecular weight excluding hydrogens is 290 g/mol. The molecule has 0 heterocycles. The number of amides is 1. The summed E-state index contributed by atoms with van der Waals surface area (Å²) < 4.78 is 5.23. The quantitative estimate of drug-likeness (QED) is 0.786. The Hall–Kier alpha value is -1.81. The van der Waals surface area contributed by atoms with Crippen LogP contribution in [0.25, 0.3) is 0 Å². The number of ether oxygens (including phenoxy) is 1. The molecule has 126 valence electrons. The summed E-state index contributed by atoms with van der Waals surface area (Å²) in [7, 11) is 1.62. The number of benzene rings is 1. The van der Waals surface area contributed by atoms with Crippen LogP contribution >= 0.6 is 0 Å². The molecule has 0 unspecified atom stereocenters. The highest BCUT2D eigenvalue weighted by Gasteiger charge is 2.30. The van der Waals surface area contributed by atoms with E-state index in [4.69, 9.17) is 4.74 Å². The number of hydrogen-bond acceptors (Lipinski definition) is 3. The molecule has 0 spiro atoms. The summed E-state index contributed by atoms with van der Waals surface area (Å²) in [6, 6.07) is 7.65. The standard InChI is InChI=1S/C19H27NO3/c1-3-12-20(14-15-8-7-11-17(13-15)23-2)19(22)18(21)16-9-5-4-6-10-16/h3,7-8,11,13,16,18,21H,1,4-6,9-10,12,14H2,2H3/t18-/m1/s1. The van der Waals surface area contributed by atoms with Crippen LogP contribution < -0.4 is 4.74 Å². The fourth-order valence-corrected chi connectivity index (χ4v) is 3.22. The third kappa shape index (κ3) is 4.83. The van der Waals surface area contributed by atoms with E-state index in [2.05, 4.69) is 6.58 Å². The molecule has 4 heteroatoms. The Kier molecular flexibility index (Phi) is 6.66. The molecule has 4 nitrogen and oxygen atoms in total. The first kappa shape index (κ1) is 17.5. The molecular formula is C19H27NO3. The van der Waals surface area contributed by atoms with Gasteiger partial charge in [-0.1, -0.05) is 37.5 Å². The zero-order valence-electron chi connectivity index (χ0n) is 13.9. The number of carbonyl (C=O) groups excluding carboxylic acids is 1. The van der Waals surface area contributed by atoms with Crippen LogP contribution in [0.1, 0.15) is 37.7 Å². The lowest BCUT2D eigenvalue weighted by atomic mass is 9.85. The molecule has 1 saturated carbocycles. The van der Waals surface area contributed by atoms with E-state index < -0.39 is 6.10 Å². The highest BCUT2D eigenvalue weighted by atomic mass is 16.5. The van der Waals surface area contributed by atoms with Gasteiger partial charge in [-0.3, -0.25) is 4.79 Å². The third-order valence-corrected chi connectivity index (χ3v) is 4.52. The van der Waals surface area contributed by atoms with Crippen LogP contribution in [-0.4, -0.2) is 35.7 Å². The van der Waals surface area contributed by atoms with Gasteiger partial charge in [0.25, 0.3) is 5.91 Å². The number of rotatable bonds is 7. The van der Waals surface area contributed by atoms with Gasteiger partial charge in [0.05, 0.1) is 7.11 Å². The van der Waals surface area contributed by atoms with Crippen LogP contribution in [0.4, 0.5) is 0 Å². The van der Waals surface area contributed by atoms with Crippen LogP contribution in [0, 0.1) is 5.92 Å². The first-order chi connectivity index (χ1) is 11.2. The van der Waals surface area contributed by atoms with Crippen molar-refractivity contribution in [2.45, 2.75) is 44.8 Å². The number of carbonyl (C=O) groups is 1. The van der Waals surface area contributed by atoms with Crippen LogP contribution in [0.2, 0.25) is 0 Å². The molecule has 1 atom stereocenters. The summed E-state index contributed by atoms with van der Waals surface area (Å²) in [6.07, 6.45) is 6.09. The van der Waals surface area contributed by atoms with Crippen molar-refractivity contribution >= 4 is 5.91 Å². The highest BCUT2D eigenvalue weighted by molar-refractivity contribution is 5.81. The minimum atomic E-state index is -0.902. The van der Waals surface area contributed by atoms with E-state index in [0.29, 0.717) is 13.1 Å². The van der Waals surface area contributed by atoms with Crippen LogP contribution in [0.15, 0.2) is 36.9 Å². The second-order valence-electron chi connectivity index (χ2n) is 6.20. The summed E-state index contributed by atoms with van der Waals surface area (Å²) in [5, 5.41) is 10.5. The Labute approximate surface area is 138 Å². The molecule has 2 rings (SSSR count). The zero-order chi connectivity index (χ0) is 16.7. The first-order valence-corrected chi connectivity index (χ1v) is 8.36. The summed E-state index contributed by atoms with van der Waals surface area (Å²) in [6.45, 7) is 4.61. The van der Waals surface area contributed by atoms with Crippen molar-refractivity contribution in [3.8, 4) is 5.75 Å². The van der Waals surface area contributed by atoms with E-state index in [0.717, 1.165) is 37.0 Å². The Balaban J connectivity index is 2.06. The van der Waals surface area contributed by atoms with Gasteiger partial charge in [-0.25, -0.2) is 0 Å². The van der Waals surface area contributed by atoms with Gasteiger partial charge in [0.1, 0.15) is 11.9 Å². The molecule has 0 aliphatic heterocycles. The lowest BCUT2D eigenvalue weighted by molar-refractivity contribution is -0.143. The summed E-state index contributed by atoms with van der Waals surface area (Å²) in [5.41, 5.74) is 0.982. The van der Waals surface area contributed by atoms with Crippen molar-refractivity contribution in [2.75, 3.05) is 13.7 Å². The molecule has 23 heavy (non-hydrogen) atoms. The molecule has 1 aliphatic rings. The Morgan fingerprint density at radius 3 is 2.83 bits per heavy atom. The molecule has 1 aliphatic carbocycles. The monoisotopic (exact) mass is 317 g/mol. The maximum absolute atomic E-state index is 12.7. The van der Waals surface area contributed by atoms with E-state index in [1.54, 1.807) is 18.1 Å². The van der Waals surface area contributed by atoms with Crippen molar-refractivity contribution in [1.29, 1.82) is 0 Å². The second kappa shape index (κ2) is 8.73. The fourth-order valence-electron chi connectivity index (χ4n) is 3.22. The van der Waals surface area contributed by atoms with E-state index in [9.17, 15) is 9.90 Å². The van der Waals surface area contributed by atoms with Gasteiger partial charge in [0, 0.05) is 13.1 Å². The molecule has 1 amide bonds. The van der Waals surface area contributed by atoms with Gasteiger partial charge in [-0.2, -0.15) is 0 Å². The average Bonchev–Trinajstić information content (AvgIpc) is 2.61. The summed E-state index contributed by atoms with van der Waals surface area (Å²) in [5.74, 6) is 0.662. The van der Waals surface area contributed by atoms with Gasteiger partial charge in [0.15, 0.2) is 0 Å². The first-order valence-electron chi connectivity index (χ1n) is 8.36. The van der Waals surface area contributed by atoms with Crippen LogP contribution in [-0.2, 0) is 11.3 Å². The Morgan fingerprint density at radius 1 is 1.43 bits per heavy atom. The number of nitrogens with zero attached hydrogens (tertiary/aromatic N) is 1. The molecule has 1 aromatic carbocycles. The molecule has 0 radical (unpaired) electrons. The predicted octanol–water partition coefficient (Wildman–Crippen LogP) is 3.15. The van der Waals surface area contributed by atoms with Crippen LogP contribution in [0.3, 0.4) is 0 Å². The van der Waals surface area contributed by atoms with Gasteiger partial charge in [-0.15, -0.1) is 6.58 Å². The highest BCUT2D eigenvalue weighted by Crippen LogP contribution is 2.27. The molecule has 1 N–H and O–H groups in total. The number of aliphatic hydroxyl groups excluding tert-OH is 1. The van der Waals surface area contributed by atoms with E-state index in [1.165, 1.54) is 6.42 Å². The molecule has 0 saturated heterocycles. The van der Waals surface area contributed by atoms with Gasteiger partial charge in [-0.05, 0) is 36.5 Å². The summed E-state index contributed by atoms with van der Waals surface area (Å²) >= 11 is 0. The third-order valence-electron chi connectivity index (χ3n) is 4.52. The van der Waals surface area contributed by atoms with Gasteiger partial charge in [0.2, 0.25) is 0 Å². The number of hydrogen-bond donors (Lipinski definition) is 1. The van der Waals surface area contributed by atoms with E-state index >= 15 is 0 Å². The summed E-state index contributed by atoms with van der Waals surface area (Å²) in [4.78, 5) is 14.4. The van der Waals surface area contributed by atoms with Gasteiger partial charge < -0.3 is 14.7 Å². The molecule has 0 aromatic heterocycles. The minimum Gasteiger partial charge on any atom is -0.497 e. The van der Waals surface area contributed by atoms with Crippen molar-refractivity contribution in [3.05, 3.63) is 42.5 Å².